The highest BCUT2D eigenvalue weighted by atomic mass is 32.2. The van der Waals surface area contributed by atoms with Crippen molar-refractivity contribution >= 4 is 38.2 Å². The van der Waals surface area contributed by atoms with E-state index < -0.39 is 15.9 Å². The van der Waals surface area contributed by atoms with Gasteiger partial charge in [-0.15, -0.1) is 11.3 Å². The van der Waals surface area contributed by atoms with Crippen molar-refractivity contribution in [3.05, 3.63) is 86.9 Å². The van der Waals surface area contributed by atoms with Crippen LogP contribution < -0.4 is 10.7 Å². The number of carbonyl (C=O) groups excluding carboxylic acids is 1. The van der Waals surface area contributed by atoms with Crippen LogP contribution in [0.3, 0.4) is 0 Å². The van der Waals surface area contributed by atoms with E-state index in [4.69, 9.17) is 4.42 Å². The highest BCUT2D eigenvalue weighted by Gasteiger charge is 2.21. The van der Waals surface area contributed by atoms with Gasteiger partial charge in [0.25, 0.3) is 15.9 Å². The van der Waals surface area contributed by atoms with Gasteiger partial charge in [0.15, 0.2) is 11.0 Å². The van der Waals surface area contributed by atoms with Gasteiger partial charge < -0.3 is 9.73 Å². The minimum absolute atomic E-state index is 0.143. The Kier molecular flexibility index (Phi) is 6.20. The number of para-hydroxylation sites is 1. The van der Waals surface area contributed by atoms with Crippen LogP contribution in [0.4, 0.5) is 0 Å². The highest BCUT2D eigenvalue weighted by Crippen LogP contribution is 2.28. The second-order valence-electron chi connectivity index (χ2n) is 7.62. The van der Waals surface area contributed by atoms with E-state index in [1.54, 1.807) is 31.2 Å². The minimum Gasteiger partial charge on any atom is -0.455 e. The number of amides is 1. The molecule has 0 fully saturated rings. The Balaban J connectivity index is 1.66. The molecule has 1 N–H and O–H groups in total. The first-order valence-electron chi connectivity index (χ1n) is 10.1. The van der Waals surface area contributed by atoms with Gasteiger partial charge in [-0.1, -0.05) is 36.4 Å². The summed E-state index contributed by atoms with van der Waals surface area (Å²) in [6, 6.07) is 17.3. The first-order chi connectivity index (χ1) is 15.7. The van der Waals surface area contributed by atoms with Gasteiger partial charge in [0.05, 0.1) is 17.5 Å². The van der Waals surface area contributed by atoms with E-state index in [0.29, 0.717) is 21.6 Å². The summed E-state index contributed by atoms with van der Waals surface area (Å²) >= 11 is 1.10. The molecule has 1 amide bonds. The lowest BCUT2D eigenvalue weighted by Gasteiger charge is -2.11. The van der Waals surface area contributed by atoms with Gasteiger partial charge in [0.2, 0.25) is 0 Å². The summed E-state index contributed by atoms with van der Waals surface area (Å²) in [5, 5.41) is 3.12. The maximum atomic E-state index is 13.0. The fourth-order valence-electron chi connectivity index (χ4n) is 3.39. The van der Waals surface area contributed by atoms with Gasteiger partial charge >= 0.3 is 0 Å². The van der Waals surface area contributed by atoms with Crippen LogP contribution in [0.2, 0.25) is 0 Å². The van der Waals surface area contributed by atoms with E-state index in [1.807, 2.05) is 30.3 Å². The Morgan fingerprint density at radius 2 is 1.76 bits per heavy atom. The molecule has 2 aromatic heterocycles. The Labute approximate surface area is 195 Å². The summed E-state index contributed by atoms with van der Waals surface area (Å²) in [6.07, 6.45) is 0. The van der Waals surface area contributed by atoms with E-state index in [1.165, 1.54) is 20.2 Å². The van der Waals surface area contributed by atoms with Crippen LogP contribution in [-0.2, 0) is 16.6 Å². The fraction of sp³-hybridized carbons (Fsp3) is 0.167. The number of rotatable bonds is 6. The van der Waals surface area contributed by atoms with Crippen LogP contribution in [0.1, 0.15) is 20.8 Å². The standard InChI is InChI=1S/C24H22N2O5S2/c1-15-21(27)18-10-7-11-19(23(18)31-22(15)16-8-5-4-6-9-16)24(28)25-14-17-12-13-20(32-17)33(29,30)26(2)3/h4-13H,14H2,1-3H3,(H,25,28). The van der Waals surface area contributed by atoms with E-state index in [2.05, 4.69) is 5.32 Å². The molecule has 9 heteroatoms. The van der Waals surface area contributed by atoms with Crippen LogP contribution in [0, 0.1) is 6.92 Å². The topological polar surface area (TPSA) is 96.7 Å². The van der Waals surface area contributed by atoms with Crippen molar-refractivity contribution in [2.45, 2.75) is 17.7 Å². The molecule has 0 aliphatic rings. The van der Waals surface area contributed by atoms with Crippen LogP contribution in [0.5, 0.6) is 0 Å². The predicted octanol–water partition coefficient (Wildman–Crippen LogP) is 4.01. The summed E-state index contributed by atoms with van der Waals surface area (Å²) in [5.74, 6) is 0.00201. The molecular weight excluding hydrogens is 460 g/mol. The molecule has 7 nitrogen and oxygen atoms in total. The first-order valence-corrected chi connectivity index (χ1v) is 12.4. The Hall–Kier alpha value is -3.27. The third-order valence-electron chi connectivity index (χ3n) is 5.22. The summed E-state index contributed by atoms with van der Waals surface area (Å²) in [7, 11) is -0.589. The molecule has 170 valence electrons. The van der Waals surface area contributed by atoms with Gasteiger partial charge in [-0.2, -0.15) is 0 Å². The molecule has 0 radical (unpaired) electrons. The number of nitrogens with one attached hydrogen (secondary N) is 1. The average Bonchev–Trinajstić information content (AvgIpc) is 3.30. The van der Waals surface area contributed by atoms with Gasteiger partial charge in [0, 0.05) is 30.1 Å². The molecule has 2 aromatic carbocycles. The van der Waals surface area contributed by atoms with Crippen molar-refractivity contribution in [2.24, 2.45) is 0 Å². The largest absolute Gasteiger partial charge is 0.455 e. The van der Waals surface area contributed by atoms with Crippen LogP contribution in [-0.4, -0.2) is 32.7 Å². The smallest absolute Gasteiger partial charge is 0.255 e. The quantitative estimate of drug-likeness (QED) is 0.448. The summed E-state index contributed by atoms with van der Waals surface area (Å²) < 4.78 is 32.0. The van der Waals surface area contributed by atoms with Crippen LogP contribution >= 0.6 is 11.3 Å². The molecule has 0 aliphatic carbocycles. The molecule has 0 atom stereocenters. The second kappa shape index (κ2) is 8.93. The number of nitrogens with zero attached hydrogens (tertiary/aromatic N) is 1. The SMILES string of the molecule is Cc1c(-c2ccccc2)oc2c(C(=O)NCc3ccc(S(=O)(=O)N(C)C)s3)cccc2c1=O. The summed E-state index contributed by atoms with van der Waals surface area (Å²) in [4.78, 5) is 26.7. The number of hydrogen-bond acceptors (Lipinski definition) is 6. The predicted molar refractivity (Wildman–Crippen MR) is 129 cm³/mol. The Morgan fingerprint density at radius 3 is 2.45 bits per heavy atom. The van der Waals surface area contributed by atoms with Gasteiger partial charge in [0.1, 0.15) is 9.97 Å². The highest BCUT2D eigenvalue weighted by molar-refractivity contribution is 7.91. The zero-order valence-corrected chi connectivity index (χ0v) is 19.9. The third-order valence-corrected chi connectivity index (χ3v) is 8.59. The van der Waals surface area contributed by atoms with Crippen molar-refractivity contribution in [3.63, 3.8) is 0 Å². The summed E-state index contributed by atoms with van der Waals surface area (Å²) in [5.41, 5.74) is 1.48. The van der Waals surface area contributed by atoms with Crippen molar-refractivity contribution in [1.29, 1.82) is 0 Å². The lowest BCUT2D eigenvalue weighted by atomic mass is 10.0. The first kappa shape index (κ1) is 22.9. The van der Waals surface area contributed by atoms with Crippen molar-refractivity contribution in [2.75, 3.05) is 14.1 Å². The molecule has 0 saturated carbocycles. The van der Waals surface area contributed by atoms with E-state index in [-0.39, 0.29) is 27.3 Å². The second-order valence-corrected chi connectivity index (χ2v) is 11.2. The number of carbonyl (C=O) groups is 1. The van der Waals surface area contributed by atoms with Crippen LogP contribution in [0.15, 0.2) is 74.1 Å². The monoisotopic (exact) mass is 482 g/mol. The number of benzene rings is 2. The number of sulfonamides is 1. The lowest BCUT2D eigenvalue weighted by Crippen LogP contribution is -2.23. The Morgan fingerprint density at radius 1 is 1.03 bits per heavy atom. The third kappa shape index (κ3) is 4.35. The van der Waals surface area contributed by atoms with Crippen molar-refractivity contribution < 1.29 is 17.6 Å². The molecule has 2 heterocycles. The molecule has 4 rings (SSSR count). The zero-order valence-electron chi connectivity index (χ0n) is 18.3. The number of fused-ring (bicyclic) bond motifs is 1. The molecule has 33 heavy (non-hydrogen) atoms. The fourth-order valence-corrected chi connectivity index (χ4v) is 5.85. The van der Waals surface area contributed by atoms with E-state index >= 15 is 0 Å². The lowest BCUT2D eigenvalue weighted by molar-refractivity contribution is 0.0952. The van der Waals surface area contributed by atoms with Gasteiger partial charge in [-0.25, -0.2) is 12.7 Å². The minimum atomic E-state index is -3.53. The normalized spacial score (nSPS) is 11.8. The van der Waals surface area contributed by atoms with E-state index in [9.17, 15) is 18.0 Å². The number of thiophene rings is 1. The van der Waals surface area contributed by atoms with E-state index in [0.717, 1.165) is 21.2 Å². The molecule has 0 saturated heterocycles. The van der Waals surface area contributed by atoms with Crippen molar-refractivity contribution in [3.8, 4) is 11.3 Å². The average molecular weight is 483 g/mol. The number of hydrogen-bond donors (Lipinski definition) is 1. The molecule has 0 spiro atoms. The summed E-state index contributed by atoms with van der Waals surface area (Å²) in [6.45, 7) is 1.85. The van der Waals surface area contributed by atoms with Crippen molar-refractivity contribution in [1.82, 2.24) is 9.62 Å². The molecule has 0 unspecified atom stereocenters. The zero-order chi connectivity index (χ0) is 23.8. The molecular formula is C24H22N2O5S2. The maximum absolute atomic E-state index is 13.0. The molecule has 4 aromatic rings. The Bertz CT molecular complexity index is 1500. The maximum Gasteiger partial charge on any atom is 0.255 e. The molecule has 0 bridgehead atoms. The van der Waals surface area contributed by atoms with Gasteiger partial charge in [-0.05, 0) is 31.2 Å². The van der Waals surface area contributed by atoms with Gasteiger partial charge in [-0.3, -0.25) is 9.59 Å². The van der Waals surface area contributed by atoms with Crippen LogP contribution in [0.25, 0.3) is 22.3 Å². The molecule has 0 aliphatic heterocycles.